The molecule has 0 spiro atoms. The molecule has 4 aromatic rings. The lowest BCUT2D eigenvalue weighted by Crippen LogP contribution is -2.29. The number of aliphatic carboxylic acids is 1. The molecule has 182 valence electrons. The van der Waals surface area contributed by atoms with Gasteiger partial charge in [-0.1, -0.05) is 0 Å². The lowest BCUT2D eigenvalue weighted by atomic mass is 10.1. The van der Waals surface area contributed by atoms with E-state index in [4.69, 9.17) is 20.0 Å². The minimum absolute atomic E-state index is 0.185. The van der Waals surface area contributed by atoms with Crippen LogP contribution in [0.4, 0.5) is 13.2 Å². The summed E-state index contributed by atoms with van der Waals surface area (Å²) in [7, 11) is 0. The van der Waals surface area contributed by atoms with Crippen LogP contribution in [0.3, 0.4) is 0 Å². The Morgan fingerprint density at radius 3 is 2.51 bits per heavy atom. The number of pyridine rings is 2. The number of amides is 1. The van der Waals surface area contributed by atoms with Crippen molar-refractivity contribution in [3.8, 4) is 11.1 Å². The number of likely N-dealkylation sites (tertiary alicyclic amines) is 1. The average molecular weight is 504 g/mol. The topological polar surface area (TPSA) is 101 Å². The lowest BCUT2D eigenvalue weighted by molar-refractivity contribution is -0.192. The summed E-state index contributed by atoms with van der Waals surface area (Å²) in [6.45, 7) is 1.46. The van der Waals surface area contributed by atoms with Crippen LogP contribution in [0.1, 0.15) is 23.7 Å². The predicted molar refractivity (Wildman–Crippen MR) is 122 cm³/mol. The fourth-order valence-electron chi connectivity index (χ4n) is 3.67. The molecule has 0 aliphatic carbocycles. The van der Waals surface area contributed by atoms with Crippen LogP contribution >= 0.6 is 11.3 Å². The van der Waals surface area contributed by atoms with Gasteiger partial charge in [-0.2, -0.15) is 29.6 Å². The van der Waals surface area contributed by atoms with Crippen molar-refractivity contribution >= 4 is 28.9 Å². The van der Waals surface area contributed by atoms with Crippen LogP contribution in [-0.2, 0) is 16.0 Å². The van der Waals surface area contributed by atoms with Crippen LogP contribution in [0, 0.1) is 0 Å². The van der Waals surface area contributed by atoms with Crippen molar-refractivity contribution in [1.82, 2.24) is 24.5 Å². The highest BCUT2D eigenvalue weighted by Gasteiger charge is 2.38. The Bertz CT molecular complexity index is 1310. The first-order chi connectivity index (χ1) is 16.7. The van der Waals surface area contributed by atoms with Gasteiger partial charge in [0.25, 0.3) is 0 Å². The summed E-state index contributed by atoms with van der Waals surface area (Å²) in [5.74, 6) is -1.56. The molecule has 12 heteroatoms. The maximum absolute atomic E-state index is 12.5. The molecule has 1 amide bonds. The van der Waals surface area contributed by atoms with Crippen LogP contribution in [0.25, 0.3) is 16.8 Å². The molecule has 1 aliphatic heterocycles. The number of carbonyl (C=O) groups excluding carboxylic acids is 1. The van der Waals surface area contributed by atoms with Crippen LogP contribution < -0.4 is 0 Å². The molecule has 0 aromatic carbocycles. The quantitative estimate of drug-likeness (QED) is 0.451. The van der Waals surface area contributed by atoms with Gasteiger partial charge in [-0.3, -0.25) is 9.78 Å². The molecule has 0 bridgehead atoms. The number of fused-ring (bicyclic) bond motifs is 1. The number of halogens is 3. The summed E-state index contributed by atoms with van der Waals surface area (Å²) in [4.78, 5) is 32.1. The predicted octanol–water partition coefficient (Wildman–Crippen LogP) is 4.04. The van der Waals surface area contributed by atoms with Gasteiger partial charge in [0, 0.05) is 43.2 Å². The largest absolute Gasteiger partial charge is 0.490 e. The Hall–Kier alpha value is -3.80. The van der Waals surface area contributed by atoms with E-state index in [1.54, 1.807) is 23.7 Å². The second-order valence-electron chi connectivity index (χ2n) is 7.86. The van der Waals surface area contributed by atoms with E-state index in [-0.39, 0.29) is 11.8 Å². The van der Waals surface area contributed by atoms with E-state index < -0.39 is 12.1 Å². The van der Waals surface area contributed by atoms with Crippen molar-refractivity contribution in [3.63, 3.8) is 0 Å². The normalized spacial score (nSPS) is 15.6. The van der Waals surface area contributed by atoms with Gasteiger partial charge in [-0.25, -0.2) is 14.3 Å². The van der Waals surface area contributed by atoms with Gasteiger partial charge in [0.2, 0.25) is 5.91 Å². The molecule has 4 aromatic heterocycles. The molecule has 1 unspecified atom stereocenters. The molecule has 35 heavy (non-hydrogen) atoms. The molecule has 0 saturated carbocycles. The Morgan fingerprint density at radius 1 is 1.11 bits per heavy atom. The highest BCUT2D eigenvalue weighted by atomic mass is 32.1. The number of hydrogen-bond donors (Lipinski definition) is 1. The van der Waals surface area contributed by atoms with Crippen molar-refractivity contribution < 1.29 is 27.9 Å². The van der Waals surface area contributed by atoms with E-state index in [0.29, 0.717) is 13.0 Å². The summed E-state index contributed by atoms with van der Waals surface area (Å²) in [5, 5.41) is 15.9. The molecular formula is C23H20F3N5O3S. The van der Waals surface area contributed by atoms with Gasteiger partial charge < -0.3 is 10.0 Å². The number of carbonyl (C=O) groups is 2. The highest BCUT2D eigenvalue weighted by molar-refractivity contribution is 7.08. The van der Waals surface area contributed by atoms with Crippen molar-refractivity contribution in [2.75, 3.05) is 13.1 Å². The molecule has 5 heterocycles. The number of carboxylic acid groups (broad SMARTS) is 1. The van der Waals surface area contributed by atoms with Gasteiger partial charge in [-0.15, -0.1) is 0 Å². The van der Waals surface area contributed by atoms with Crippen molar-refractivity contribution in [3.05, 3.63) is 71.1 Å². The molecule has 5 rings (SSSR count). The third-order valence-corrected chi connectivity index (χ3v) is 6.18. The number of alkyl halides is 3. The summed E-state index contributed by atoms with van der Waals surface area (Å²) >= 11 is 1.63. The third-order valence-electron chi connectivity index (χ3n) is 5.45. The molecule has 1 fully saturated rings. The minimum atomic E-state index is -5.08. The molecule has 0 radical (unpaired) electrons. The summed E-state index contributed by atoms with van der Waals surface area (Å²) < 4.78 is 33.6. The fourth-order valence-corrected chi connectivity index (χ4v) is 4.33. The highest BCUT2D eigenvalue weighted by Crippen LogP contribution is 2.27. The monoisotopic (exact) mass is 503 g/mol. The van der Waals surface area contributed by atoms with E-state index in [1.165, 1.54) is 0 Å². The number of thiophene rings is 1. The SMILES string of the molecule is O=C(Cc1ccsc1)N1CCC(c2nc3ccc(-c4ccncc4)cn3n2)C1.O=C(O)C(F)(F)F. The Balaban J connectivity index is 0.000000364. The zero-order valence-corrected chi connectivity index (χ0v) is 19.0. The van der Waals surface area contributed by atoms with E-state index >= 15 is 0 Å². The van der Waals surface area contributed by atoms with Crippen molar-refractivity contribution in [2.24, 2.45) is 0 Å². The fraction of sp³-hybridized carbons (Fsp3) is 0.261. The first-order valence-electron chi connectivity index (χ1n) is 10.6. The van der Waals surface area contributed by atoms with Crippen LogP contribution in [0.15, 0.2) is 59.7 Å². The third kappa shape index (κ3) is 6.01. The lowest BCUT2D eigenvalue weighted by Gasteiger charge is -2.15. The molecule has 8 nitrogen and oxygen atoms in total. The number of aromatic nitrogens is 4. The zero-order valence-electron chi connectivity index (χ0n) is 18.2. The summed E-state index contributed by atoms with van der Waals surface area (Å²) in [5.41, 5.74) is 4.09. The van der Waals surface area contributed by atoms with E-state index in [1.807, 2.05) is 50.6 Å². The van der Waals surface area contributed by atoms with Crippen LogP contribution in [0.2, 0.25) is 0 Å². The standard InChI is InChI=1S/C21H19N5OS.C2HF3O2/c27-20(11-15-6-10-28-14-15)25-9-5-18(12-25)21-23-19-2-1-17(13-26(19)24-21)16-3-7-22-8-4-16;3-2(4,5)1(6)7/h1-4,6-8,10,13-14,18H,5,9,11-12H2;(H,6,7). The van der Waals surface area contributed by atoms with E-state index in [2.05, 4.69) is 11.1 Å². The minimum Gasteiger partial charge on any atom is -0.475 e. The number of nitrogens with zero attached hydrogens (tertiary/aromatic N) is 5. The van der Waals surface area contributed by atoms with Gasteiger partial charge in [0.15, 0.2) is 11.5 Å². The maximum Gasteiger partial charge on any atom is 0.490 e. The summed E-state index contributed by atoms with van der Waals surface area (Å²) in [6.07, 6.45) is 1.86. The second-order valence-corrected chi connectivity index (χ2v) is 8.64. The van der Waals surface area contributed by atoms with Gasteiger partial charge in [0.05, 0.1) is 6.42 Å². The van der Waals surface area contributed by atoms with Crippen molar-refractivity contribution in [2.45, 2.75) is 24.9 Å². The average Bonchev–Trinajstić information content (AvgIpc) is 3.59. The second kappa shape index (κ2) is 10.2. The smallest absolute Gasteiger partial charge is 0.475 e. The molecule has 1 saturated heterocycles. The number of rotatable bonds is 4. The molecule has 1 N–H and O–H groups in total. The Morgan fingerprint density at radius 2 is 1.86 bits per heavy atom. The van der Waals surface area contributed by atoms with E-state index in [0.717, 1.165) is 41.1 Å². The van der Waals surface area contributed by atoms with Crippen LogP contribution in [0.5, 0.6) is 0 Å². The first-order valence-corrected chi connectivity index (χ1v) is 11.5. The van der Waals surface area contributed by atoms with Crippen LogP contribution in [-0.4, -0.2) is 60.7 Å². The molecule has 1 aliphatic rings. The van der Waals surface area contributed by atoms with Gasteiger partial charge >= 0.3 is 12.1 Å². The molecule has 1 atom stereocenters. The first kappa shape index (κ1) is 24.3. The number of carboxylic acids is 1. The number of hydrogen-bond acceptors (Lipinski definition) is 6. The van der Waals surface area contributed by atoms with Crippen molar-refractivity contribution in [1.29, 1.82) is 0 Å². The van der Waals surface area contributed by atoms with Gasteiger partial charge in [-0.05, 0) is 58.6 Å². The Labute approximate surface area is 201 Å². The van der Waals surface area contributed by atoms with Gasteiger partial charge in [0.1, 0.15) is 0 Å². The summed E-state index contributed by atoms with van der Waals surface area (Å²) in [6, 6.07) is 10.0. The molecular weight excluding hydrogens is 483 g/mol. The zero-order chi connectivity index (χ0) is 25.0. The van der Waals surface area contributed by atoms with E-state index in [9.17, 15) is 18.0 Å². The maximum atomic E-state index is 12.5. The Kier molecular flexibility index (Phi) is 7.10.